The summed E-state index contributed by atoms with van der Waals surface area (Å²) < 4.78 is 22.3. The summed E-state index contributed by atoms with van der Waals surface area (Å²) in [4.78, 5) is 25.0. The van der Waals surface area contributed by atoms with Crippen molar-refractivity contribution in [3.8, 4) is 23.0 Å². The van der Waals surface area contributed by atoms with Crippen LogP contribution in [0.5, 0.6) is 23.0 Å². The van der Waals surface area contributed by atoms with Gasteiger partial charge in [-0.2, -0.15) is 0 Å². The predicted molar refractivity (Wildman–Crippen MR) is 153 cm³/mol. The Bertz CT molecular complexity index is 1120. The lowest BCUT2D eigenvalue weighted by atomic mass is 10.1. The molecule has 0 aliphatic heterocycles. The lowest BCUT2D eigenvalue weighted by Gasteiger charge is -2.09. The number of carbonyl (C=O) groups excluding carboxylic acids is 2. The van der Waals surface area contributed by atoms with Crippen molar-refractivity contribution in [2.24, 2.45) is 0 Å². The summed E-state index contributed by atoms with van der Waals surface area (Å²) in [5.74, 6) is 1.26. The van der Waals surface area contributed by atoms with Gasteiger partial charge in [0.05, 0.1) is 24.3 Å². The minimum Gasteiger partial charge on any atom is -0.494 e. The quantitative estimate of drug-likeness (QED) is 0.0987. The van der Waals surface area contributed by atoms with E-state index in [4.69, 9.17) is 18.9 Å². The van der Waals surface area contributed by atoms with Crippen LogP contribution in [-0.4, -0.2) is 25.2 Å². The van der Waals surface area contributed by atoms with E-state index in [0.717, 1.165) is 37.2 Å². The number of ether oxygens (including phenoxy) is 4. The van der Waals surface area contributed by atoms with Gasteiger partial charge in [0, 0.05) is 0 Å². The van der Waals surface area contributed by atoms with E-state index in [1.54, 1.807) is 72.8 Å². The van der Waals surface area contributed by atoms with Crippen LogP contribution in [0.4, 0.5) is 0 Å². The highest BCUT2D eigenvalue weighted by Crippen LogP contribution is 2.21. The maximum absolute atomic E-state index is 12.5. The number of benzene rings is 3. The van der Waals surface area contributed by atoms with Crippen molar-refractivity contribution < 1.29 is 28.5 Å². The highest BCUT2D eigenvalue weighted by atomic mass is 16.5. The Kier molecular flexibility index (Phi) is 12.9. The molecule has 39 heavy (non-hydrogen) atoms. The summed E-state index contributed by atoms with van der Waals surface area (Å²) in [6, 6.07) is 20.2. The van der Waals surface area contributed by atoms with Gasteiger partial charge in [0.2, 0.25) is 0 Å². The predicted octanol–water partition coefficient (Wildman–Crippen LogP) is 8.43. The summed E-state index contributed by atoms with van der Waals surface area (Å²) in [7, 11) is 0. The average molecular weight is 533 g/mol. The number of rotatable bonds is 17. The van der Waals surface area contributed by atoms with Crippen LogP contribution in [0, 0.1) is 0 Å². The fourth-order valence-electron chi connectivity index (χ4n) is 3.90. The molecule has 3 rings (SSSR count). The first-order valence-electron chi connectivity index (χ1n) is 14.1. The van der Waals surface area contributed by atoms with Crippen molar-refractivity contribution >= 4 is 11.9 Å². The summed E-state index contributed by atoms with van der Waals surface area (Å²) in [6.07, 6.45) is 10.5. The van der Waals surface area contributed by atoms with Gasteiger partial charge in [0.15, 0.2) is 0 Å². The molecule has 0 N–H and O–H groups in total. The molecule has 0 atom stereocenters. The van der Waals surface area contributed by atoms with Gasteiger partial charge in [0.1, 0.15) is 23.0 Å². The average Bonchev–Trinajstić information content (AvgIpc) is 2.96. The van der Waals surface area contributed by atoms with E-state index in [2.05, 4.69) is 13.8 Å². The molecule has 0 aromatic heterocycles. The zero-order valence-corrected chi connectivity index (χ0v) is 23.2. The Morgan fingerprint density at radius 1 is 0.462 bits per heavy atom. The zero-order chi connectivity index (χ0) is 27.7. The van der Waals surface area contributed by atoms with Crippen molar-refractivity contribution in [3.05, 3.63) is 83.9 Å². The standard InChI is InChI=1S/C33H40O6/c1-3-5-7-8-9-11-25-37-28-16-12-26(13-17-28)32(34)38-30-18-14-27(15-19-30)33(35)39-31-22-20-29(21-23-31)36-24-10-6-4-2/h12-23H,3-11,24-25H2,1-2H3. The molecule has 3 aromatic carbocycles. The van der Waals surface area contributed by atoms with Gasteiger partial charge < -0.3 is 18.9 Å². The Morgan fingerprint density at radius 3 is 1.28 bits per heavy atom. The number of hydrogen-bond acceptors (Lipinski definition) is 6. The molecular formula is C33H40O6. The molecule has 0 aliphatic rings. The molecule has 0 aliphatic carbocycles. The smallest absolute Gasteiger partial charge is 0.343 e. The fraction of sp³-hybridized carbons (Fsp3) is 0.394. The first kappa shape index (κ1) is 29.8. The Labute approximate surface area is 232 Å². The molecule has 0 spiro atoms. The van der Waals surface area contributed by atoms with Crippen LogP contribution >= 0.6 is 0 Å². The van der Waals surface area contributed by atoms with Crippen LogP contribution < -0.4 is 18.9 Å². The minimum absolute atomic E-state index is 0.338. The van der Waals surface area contributed by atoms with Gasteiger partial charge in [-0.25, -0.2) is 9.59 Å². The second-order valence-electron chi connectivity index (χ2n) is 9.47. The Balaban J connectivity index is 1.41. The molecule has 0 radical (unpaired) electrons. The molecule has 6 heteroatoms. The normalized spacial score (nSPS) is 10.6. The van der Waals surface area contributed by atoms with Gasteiger partial charge in [0.25, 0.3) is 0 Å². The van der Waals surface area contributed by atoms with E-state index in [1.165, 1.54) is 32.1 Å². The minimum atomic E-state index is -0.499. The molecule has 0 amide bonds. The van der Waals surface area contributed by atoms with Gasteiger partial charge in [-0.15, -0.1) is 0 Å². The summed E-state index contributed by atoms with van der Waals surface area (Å²) in [6.45, 7) is 5.70. The lowest BCUT2D eigenvalue weighted by Crippen LogP contribution is -2.10. The lowest BCUT2D eigenvalue weighted by molar-refractivity contribution is 0.0730. The molecule has 6 nitrogen and oxygen atoms in total. The van der Waals surface area contributed by atoms with Gasteiger partial charge in [-0.1, -0.05) is 58.8 Å². The number of unbranched alkanes of at least 4 members (excludes halogenated alkanes) is 7. The van der Waals surface area contributed by atoms with Crippen molar-refractivity contribution in [2.45, 2.75) is 71.6 Å². The van der Waals surface area contributed by atoms with Crippen molar-refractivity contribution in [1.82, 2.24) is 0 Å². The summed E-state index contributed by atoms with van der Waals surface area (Å²) in [5.41, 5.74) is 0.768. The molecule has 0 fully saturated rings. The Hall–Kier alpha value is -3.80. The van der Waals surface area contributed by atoms with Crippen LogP contribution in [-0.2, 0) is 0 Å². The second kappa shape index (κ2) is 16.9. The fourth-order valence-corrected chi connectivity index (χ4v) is 3.90. The molecule has 0 saturated carbocycles. The van der Waals surface area contributed by atoms with Crippen LogP contribution in [0.3, 0.4) is 0 Å². The number of esters is 2. The molecule has 0 saturated heterocycles. The number of carbonyl (C=O) groups is 2. The van der Waals surface area contributed by atoms with Crippen LogP contribution in [0.25, 0.3) is 0 Å². The van der Waals surface area contributed by atoms with Crippen molar-refractivity contribution in [1.29, 1.82) is 0 Å². The first-order chi connectivity index (χ1) is 19.1. The monoisotopic (exact) mass is 532 g/mol. The van der Waals surface area contributed by atoms with Gasteiger partial charge in [-0.05, 0) is 85.6 Å². The Morgan fingerprint density at radius 2 is 0.795 bits per heavy atom. The third-order valence-electron chi connectivity index (χ3n) is 6.21. The molecule has 0 heterocycles. The van der Waals surface area contributed by atoms with E-state index in [-0.39, 0.29) is 0 Å². The molecule has 0 unspecified atom stereocenters. The third-order valence-corrected chi connectivity index (χ3v) is 6.21. The molecule has 0 bridgehead atoms. The number of hydrogen-bond donors (Lipinski definition) is 0. The van der Waals surface area contributed by atoms with E-state index >= 15 is 0 Å². The second-order valence-corrected chi connectivity index (χ2v) is 9.47. The van der Waals surface area contributed by atoms with Crippen LogP contribution in [0.1, 0.15) is 92.4 Å². The third kappa shape index (κ3) is 10.8. The van der Waals surface area contributed by atoms with Gasteiger partial charge >= 0.3 is 11.9 Å². The topological polar surface area (TPSA) is 71.1 Å². The van der Waals surface area contributed by atoms with Crippen LogP contribution in [0.2, 0.25) is 0 Å². The molecule has 208 valence electrons. The van der Waals surface area contributed by atoms with E-state index in [0.29, 0.717) is 35.8 Å². The van der Waals surface area contributed by atoms with E-state index < -0.39 is 11.9 Å². The highest BCUT2D eigenvalue weighted by molar-refractivity contribution is 5.92. The van der Waals surface area contributed by atoms with Crippen LogP contribution in [0.15, 0.2) is 72.8 Å². The molecule has 3 aromatic rings. The van der Waals surface area contributed by atoms with Gasteiger partial charge in [-0.3, -0.25) is 0 Å². The highest BCUT2D eigenvalue weighted by Gasteiger charge is 2.12. The SMILES string of the molecule is CCCCCCCCOc1ccc(C(=O)Oc2ccc(C(=O)Oc3ccc(OCCCCC)cc3)cc2)cc1. The largest absolute Gasteiger partial charge is 0.494 e. The summed E-state index contributed by atoms with van der Waals surface area (Å²) >= 11 is 0. The first-order valence-corrected chi connectivity index (χ1v) is 14.1. The maximum atomic E-state index is 12.5. The maximum Gasteiger partial charge on any atom is 0.343 e. The summed E-state index contributed by atoms with van der Waals surface area (Å²) in [5, 5.41) is 0. The van der Waals surface area contributed by atoms with E-state index in [1.807, 2.05) is 0 Å². The molecular weight excluding hydrogens is 492 g/mol. The zero-order valence-electron chi connectivity index (χ0n) is 23.2. The van der Waals surface area contributed by atoms with Crippen molar-refractivity contribution in [3.63, 3.8) is 0 Å². The van der Waals surface area contributed by atoms with Crippen molar-refractivity contribution in [2.75, 3.05) is 13.2 Å². The van der Waals surface area contributed by atoms with E-state index in [9.17, 15) is 9.59 Å².